The van der Waals surface area contributed by atoms with Gasteiger partial charge in [-0.2, -0.15) is 8.42 Å². The fraction of sp³-hybridized carbons (Fsp3) is 0.294. The molecule has 0 heterocycles. The van der Waals surface area contributed by atoms with E-state index in [2.05, 4.69) is 11.8 Å². The van der Waals surface area contributed by atoms with Gasteiger partial charge in [0.05, 0.1) is 4.90 Å². The summed E-state index contributed by atoms with van der Waals surface area (Å²) in [6.07, 6.45) is 2.08. The van der Waals surface area contributed by atoms with E-state index >= 15 is 0 Å². The first-order chi connectivity index (χ1) is 10.9. The highest BCUT2D eigenvalue weighted by atomic mass is 35.5. The molecule has 2 aromatic rings. The van der Waals surface area contributed by atoms with Crippen molar-refractivity contribution in [1.82, 2.24) is 0 Å². The van der Waals surface area contributed by atoms with Gasteiger partial charge in [0, 0.05) is 23.8 Å². The molecule has 23 heavy (non-hydrogen) atoms. The van der Waals surface area contributed by atoms with Crippen LogP contribution in [-0.4, -0.2) is 19.5 Å². The summed E-state index contributed by atoms with van der Waals surface area (Å²) in [5, 5.41) is 0.663. The Morgan fingerprint density at radius 2 is 1.87 bits per heavy atom. The van der Waals surface area contributed by atoms with Crippen LogP contribution in [0.5, 0.6) is 0 Å². The lowest BCUT2D eigenvalue weighted by Crippen LogP contribution is -2.24. The molecule has 0 aliphatic carbocycles. The van der Waals surface area contributed by atoms with E-state index in [0.717, 1.165) is 30.6 Å². The Bertz CT molecular complexity index is 762. The Morgan fingerprint density at radius 1 is 1.13 bits per heavy atom. The van der Waals surface area contributed by atoms with Crippen molar-refractivity contribution >= 4 is 27.4 Å². The third kappa shape index (κ3) is 5.23. The smallest absolute Gasteiger partial charge is 0.294 e. The monoisotopic (exact) mass is 353 g/mol. The van der Waals surface area contributed by atoms with Crippen molar-refractivity contribution < 1.29 is 13.0 Å². The molecule has 0 aliphatic heterocycles. The number of nitrogens with zero attached hydrogens (tertiary/aromatic N) is 1. The third-order valence-corrected chi connectivity index (χ3v) is 4.61. The van der Waals surface area contributed by atoms with Crippen molar-refractivity contribution in [3.8, 4) is 0 Å². The Hall–Kier alpha value is -1.56. The summed E-state index contributed by atoms with van der Waals surface area (Å²) in [6, 6.07) is 13.9. The van der Waals surface area contributed by atoms with Crippen LogP contribution in [-0.2, 0) is 16.7 Å². The predicted octanol–water partition coefficient (Wildman–Crippen LogP) is 4.39. The highest BCUT2D eigenvalue weighted by Crippen LogP contribution is 2.23. The number of halogens is 1. The quantitative estimate of drug-likeness (QED) is 0.750. The number of hydrogen-bond donors (Lipinski definition) is 1. The van der Waals surface area contributed by atoms with Gasteiger partial charge in [-0.15, -0.1) is 0 Å². The summed E-state index contributed by atoms with van der Waals surface area (Å²) in [6.45, 7) is 3.51. The molecule has 2 aromatic carbocycles. The van der Waals surface area contributed by atoms with Gasteiger partial charge in [0.25, 0.3) is 10.1 Å². The standard InChI is InChI=1S/C17H20ClNO3S/c1-2-3-10-19(16-8-5-7-15(18)12-16)13-14-6-4-9-17(11-14)23(20,21)22/h4-9,11-12H,2-3,10,13H2,1H3,(H,20,21,22). The maximum Gasteiger partial charge on any atom is 0.294 e. The third-order valence-electron chi connectivity index (χ3n) is 3.52. The van der Waals surface area contributed by atoms with E-state index in [1.165, 1.54) is 12.1 Å². The zero-order chi connectivity index (χ0) is 16.9. The number of rotatable bonds is 7. The van der Waals surface area contributed by atoms with Crippen LogP contribution in [0.15, 0.2) is 53.4 Å². The van der Waals surface area contributed by atoms with E-state index in [1.807, 2.05) is 30.3 Å². The molecule has 0 amide bonds. The van der Waals surface area contributed by atoms with E-state index in [-0.39, 0.29) is 4.90 Å². The summed E-state index contributed by atoms with van der Waals surface area (Å²) in [7, 11) is -4.19. The van der Waals surface area contributed by atoms with Crippen LogP contribution in [0.25, 0.3) is 0 Å². The minimum atomic E-state index is -4.19. The summed E-state index contributed by atoms with van der Waals surface area (Å²) in [5.41, 5.74) is 1.81. The fourth-order valence-corrected chi connectivity index (χ4v) is 3.08. The Balaban J connectivity index is 2.28. The van der Waals surface area contributed by atoms with E-state index in [1.54, 1.807) is 6.07 Å². The summed E-state index contributed by atoms with van der Waals surface area (Å²) in [4.78, 5) is 2.06. The van der Waals surface area contributed by atoms with Crippen LogP contribution in [0.3, 0.4) is 0 Å². The predicted molar refractivity (Wildman–Crippen MR) is 93.7 cm³/mol. The molecule has 0 fully saturated rings. The lowest BCUT2D eigenvalue weighted by Gasteiger charge is -2.25. The molecular formula is C17H20ClNO3S. The largest absolute Gasteiger partial charge is 0.367 e. The molecule has 0 aliphatic rings. The van der Waals surface area contributed by atoms with Gasteiger partial charge in [0.15, 0.2) is 0 Å². The van der Waals surface area contributed by atoms with Crippen LogP contribution < -0.4 is 4.90 Å². The van der Waals surface area contributed by atoms with Gasteiger partial charge < -0.3 is 4.90 Å². The molecule has 0 unspecified atom stereocenters. The second kappa shape index (κ2) is 7.81. The first-order valence-electron chi connectivity index (χ1n) is 7.47. The second-order valence-electron chi connectivity index (χ2n) is 5.38. The van der Waals surface area contributed by atoms with E-state index < -0.39 is 10.1 Å². The lowest BCUT2D eigenvalue weighted by atomic mass is 10.1. The van der Waals surface area contributed by atoms with Gasteiger partial charge >= 0.3 is 0 Å². The molecule has 0 aromatic heterocycles. The number of unbranched alkanes of at least 4 members (excludes halogenated alkanes) is 1. The normalized spacial score (nSPS) is 11.4. The molecule has 0 saturated carbocycles. The van der Waals surface area contributed by atoms with Gasteiger partial charge in [0.2, 0.25) is 0 Å². The molecule has 6 heteroatoms. The molecule has 4 nitrogen and oxygen atoms in total. The minimum Gasteiger partial charge on any atom is -0.367 e. The zero-order valence-corrected chi connectivity index (χ0v) is 14.5. The molecule has 1 N–H and O–H groups in total. The van der Waals surface area contributed by atoms with Gasteiger partial charge in [-0.25, -0.2) is 0 Å². The Morgan fingerprint density at radius 3 is 2.52 bits per heavy atom. The van der Waals surface area contributed by atoms with Crippen molar-refractivity contribution in [2.45, 2.75) is 31.2 Å². The summed E-state index contributed by atoms with van der Waals surface area (Å²) >= 11 is 6.07. The SMILES string of the molecule is CCCCN(Cc1cccc(S(=O)(=O)O)c1)c1cccc(Cl)c1. The first-order valence-corrected chi connectivity index (χ1v) is 9.29. The maximum absolute atomic E-state index is 11.3. The molecule has 0 spiro atoms. The second-order valence-corrected chi connectivity index (χ2v) is 7.24. The van der Waals surface area contributed by atoms with Gasteiger partial charge in [-0.05, 0) is 42.3 Å². The molecular weight excluding hydrogens is 334 g/mol. The van der Waals surface area contributed by atoms with Gasteiger partial charge in [-0.1, -0.05) is 43.1 Å². The Kier molecular flexibility index (Phi) is 6.04. The summed E-state index contributed by atoms with van der Waals surface area (Å²) in [5.74, 6) is 0. The van der Waals surface area contributed by atoms with Gasteiger partial charge in [0.1, 0.15) is 0 Å². The minimum absolute atomic E-state index is 0.0865. The van der Waals surface area contributed by atoms with E-state index in [4.69, 9.17) is 11.6 Å². The molecule has 2 rings (SSSR count). The fourth-order valence-electron chi connectivity index (χ4n) is 2.35. The van der Waals surface area contributed by atoms with Crippen molar-refractivity contribution in [2.75, 3.05) is 11.4 Å². The molecule has 0 radical (unpaired) electrons. The zero-order valence-electron chi connectivity index (χ0n) is 12.9. The Labute approximate surface area is 142 Å². The average molecular weight is 354 g/mol. The van der Waals surface area contributed by atoms with E-state index in [0.29, 0.717) is 11.6 Å². The molecule has 124 valence electrons. The first kappa shape index (κ1) is 17.8. The molecule has 0 bridgehead atoms. The molecule has 0 saturated heterocycles. The highest BCUT2D eigenvalue weighted by molar-refractivity contribution is 7.85. The molecule has 0 atom stereocenters. The van der Waals surface area contributed by atoms with Crippen LogP contribution >= 0.6 is 11.6 Å². The lowest BCUT2D eigenvalue weighted by molar-refractivity contribution is 0.483. The summed E-state index contributed by atoms with van der Waals surface area (Å²) < 4.78 is 31.7. The van der Waals surface area contributed by atoms with Crippen molar-refractivity contribution in [1.29, 1.82) is 0 Å². The maximum atomic E-state index is 11.3. The number of benzene rings is 2. The van der Waals surface area contributed by atoms with Crippen LogP contribution in [0, 0.1) is 0 Å². The number of anilines is 1. The van der Waals surface area contributed by atoms with Crippen LogP contribution in [0.4, 0.5) is 5.69 Å². The van der Waals surface area contributed by atoms with Crippen LogP contribution in [0.2, 0.25) is 5.02 Å². The van der Waals surface area contributed by atoms with Crippen molar-refractivity contribution in [2.24, 2.45) is 0 Å². The van der Waals surface area contributed by atoms with Gasteiger partial charge in [-0.3, -0.25) is 4.55 Å². The van der Waals surface area contributed by atoms with Crippen molar-refractivity contribution in [3.63, 3.8) is 0 Å². The highest BCUT2D eigenvalue weighted by Gasteiger charge is 2.12. The number of hydrogen-bond acceptors (Lipinski definition) is 3. The van der Waals surface area contributed by atoms with Crippen molar-refractivity contribution in [3.05, 3.63) is 59.1 Å². The topological polar surface area (TPSA) is 57.6 Å². The van der Waals surface area contributed by atoms with Crippen LogP contribution in [0.1, 0.15) is 25.3 Å². The van der Waals surface area contributed by atoms with E-state index in [9.17, 15) is 13.0 Å². The average Bonchev–Trinajstić information content (AvgIpc) is 2.51.